The molecule has 1 aliphatic carbocycles. The summed E-state index contributed by atoms with van der Waals surface area (Å²) in [7, 11) is -3.15. The second-order valence-electron chi connectivity index (χ2n) is 7.63. The maximum atomic E-state index is 13.1. The normalized spacial score (nSPS) is 21.5. The van der Waals surface area contributed by atoms with Crippen LogP contribution < -0.4 is 5.76 Å². The number of aromatic nitrogens is 2. The van der Waals surface area contributed by atoms with Crippen molar-refractivity contribution >= 4 is 15.7 Å². The molecule has 1 saturated heterocycles. The molecule has 0 N–H and O–H groups in total. The minimum absolute atomic E-state index is 0.00124. The molecule has 2 heterocycles. The summed E-state index contributed by atoms with van der Waals surface area (Å²) in [6.07, 6.45) is 4.06. The fraction of sp³-hybridized carbons (Fsp3) is 0.526. The largest absolute Gasteiger partial charge is 0.437 e. The smallest absolute Gasteiger partial charge is 0.388 e. The minimum Gasteiger partial charge on any atom is -0.388 e. The Morgan fingerprint density at radius 2 is 1.86 bits per heavy atom. The number of rotatable bonds is 5. The fourth-order valence-corrected chi connectivity index (χ4v) is 5.92. The lowest BCUT2D eigenvalue weighted by molar-refractivity contribution is -0.136. The molecule has 2 aliphatic rings. The number of benzene rings is 1. The maximum absolute atomic E-state index is 13.1. The van der Waals surface area contributed by atoms with Crippen molar-refractivity contribution < 1.29 is 22.0 Å². The highest BCUT2D eigenvalue weighted by Gasteiger charge is 2.39. The molecule has 10 heteroatoms. The summed E-state index contributed by atoms with van der Waals surface area (Å²) in [5.41, 5.74) is 0.421. The highest BCUT2D eigenvalue weighted by atomic mass is 32.2. The lowest BCUT2D eigenvalue weighted by atomic mass is 10.1. The number of sulfone groups is 1. The van der Waals surface area contributed by atoms with Crippen molar-refractivity contribution in [2.45, 2.75) is 50.7 Å². The van der Waals surface area contributed by atoms with Crippen LogP contribution in [0.4, 0.5) is 4.39 Å². The van der Waals surface area contributed by atoms with E-state index >= 15 is 0 Å². The molecule has 29 heavy (non-hydrogen) atoms. The van der Waals surface area contributed by atoms with Crippen LogP contribution in [-0.4, -0.2) is 52.6 Å². The van der Waals surface area contributed by atoms with Crippen molar-refractivity contribution in [1.29, 1.82) is 0 Å². The van der Waals surface area contributed by atoms with Gasteiger partial charge in [-0.25, -0.2) is 17.6 Å². The number of hydrogen-bond acceptors (Lipinski definition) is 6. The first kappa shape index (κ1) is 19.8. The van der Waals surface area contributed by atoms with E-state index in [1.807, 2.05) is 0 Å². The molecule has 1 aromatic heterocycles. The van der Waals surface area contributed by atoms with Gasteiger partial charge in [-0.05, 0) is 43.5 Å². The SMILES string of the molecule is O=C(Cn1nc(-c2ccc(F)cc2)oc1=O)N(C1CCCC1)[C@H]1CCS(=O)(=O)C1. The van der Waals surface area contributed by atoms with Gasteiger partial charge >= 0.3 is 5.76 Å². The Labute approximate surface area is 167 Å². The quantitative estimate of drug-likeness (QED) is 0.724. The molecular weight excluding hydrogens is 401 g/mol. The zero-order valence-electron chi connectivity index (χ0n) is 15.8. The number of nitrogens with zero attached hydrogens (tertiary/aromatic N) is 3. The first-order valence-electron chi connectivity index (χ1n) is 9.68. The van der Waals surface area contributed by atoms with Gasteiger partial charge in [0.15, 0.2) is 9.84 Å². The van der Waals surface area contributed by atoms with Crippen LogP contribution in [0.5, 0.6) is 0 Å². The van der Waals surface area contributed by atoms with Crippen LogP contribution in [0.15, 0.2) is 33.5 Å². The molecule has 2 aromatic rings. The number of halogens is 1. The van der Waals surface area contributed by atoms with Gasteiger partial charge in [-0.2, -0.15) is 4.68 Å². The molecule has 1 amide bonds. The van der Waals surface area contributed by atoms with Crippen LogP contribution in [0.25, 0.3) is 11.5 Å². The third kappa shape index (κ3) is 4.26. The monoisotopic (exact) mass is 423 g/mol. The predicted molar refractivity (Wildman–Crippen MR) is 102 cm³/mol. The third-order valence-electron chi connectivity index (χ3n) is 5.59. The lowest BCUT2D eigenvalue weighted by Gasteiger charge is -2.33. The Morgan fingerprint density at radius 3 is 2.48 bits per heavy atom. The van der Waals surface area contributed by atoms with E-state index < -0.39 is 21.4 Å². The molecule has 8 nitrogen and oxygen atoms in total. The van der Waals surface area contributed by atoms with Crippen LogP contribution >= 0.6 is 0 Å². The first-order chi connectivity index (χ1) is 13.8. The highest BCUT2D eigenvalue weighted by molar-refractivity contribution is 7.91. The van der Waals surface area contributed by atoms with Crippen LogP contribution in [0.2, 0.25) is 0 Å². The van der Waals surface area contributed by atoms with E-state index in [2.05, 4.69) is 5.10 Å². The van der Waals surface area contributed by atoms with Gasteiger partial charge < -0.3 is 9.32 Å². The zero-order valence-corrected chi connectivity index (χ0v) is 16.6. The van der Waals surface area contributed by atoms with Gasteiger partial charge in [0.05, 0.1) is 11.5 Å². The highest BCUT2D eigenvalue weighted by Crippen LogP contribution is 2.29. The Bertz CT molecular complexity index is 1050. The summed E-state index contributed by atoms with van der Waals surface area (Å²) >= 11 is 0. The Kier molecular flexibility index (Phi) is 5.28. The number of carbonyl (C=O) groups is 1. The molecule has 1 atom stereocenters. The topological polar surface area (TPSA) is 102 Å². The van der Waals surface area contributed by atoms with Crippen LogP contribution in [-0.2, 0) is 21.2 Å². The second kappa shape index (κ2) is 7.74. The third-order valence-corrected chi connectivity index (χ3v) is 7.34. The Hall–Kier alpha value is -2.49. The molecule has 4 rings (SSSR count). The molecule has 1 aromatic carbocycles. The molecule has 156 valence electrons. The molecule has 0 bridgehead atoms. The van der Waals surface area contributed by atoms with E-state index in [0.717, 1.165) is 30.4 Å². The summed E-state index contributed by atoms with van der Waals surface area (Å²) in [5.74, 6) is -1.51. The van der Waals surface area contributed by atoms with Crippen molar-refractivity contribution in [3.8, 4) is 11.5 Å². The molecule has 0 radical (unpaired) electrons. The first-order valence-corrected chi connectivity index (χ1v) is 11.5. The van der Waals surface area contributed by atoms with Gasteiger partial charge in [0.1, 0.15) is 12.4 Å². The van der Waals surface area contributed by atoms with Gasteiger partial charge in [-0.3, -0.25) is 4.79 Å². The lowest BCUT2D eigenvalue weighted by Crippen LogP contribution is -2.48. The van der Waals surface area contributed by atoms with E-state index in [1.54, 1.807) is 4.90 Å². The predicted octanol–water partition coefficient (Wildman–Crippen LogP) is 1.60. The average Bonchev–Trinajstić information content (AvgIpc) is 3.38. The number of hydrogen-bond donors (Lipinski definition) is 0. The van der Waals surface area contributed by atoms with Gasteiger partial charge in [0, 0.05) is 17.6 Å². The summed E-state index contributed by atoms with van der Waals surface area (Å²) in [4.78, 5) is 26.9. The van der Waals surface area contributed by atoms with Crippen LogP contribution in [0.1, 0.15) is 32.1 Å². The minimum atomic E-state index is -3.15. The van der Waals surface area contributed by atoms with Crippen molar-refractivity contribution in [1.82, 2.24) is 14.7 Å². The van der Waals surface area contributed by atoms with E-state index in [1.165, 1.54) is 24.3 Å². The standard InChI is InChI=1S/C19H22FN3O5S/c20-14-7-5-13(6-8-14)18-21-22(19(25)28-18)11-17(24)23(15-3-1-2-4-15)16-9-10-29(26,27)12-16/h5-8,15-16H,1-4,9-12H2/t16-/m0/s1. The molecule has 1 aliphatic heterocycles. The number of amides is 1. The van der Waals surface area contributed by atoms with E-state index in [0.29, 0.717) is 12.0 Å². The van der Waals surface area contributed by atoms with E-state index in [-0.39, 0.29) is 41.9 Å². The summed E-state index contributed by atoms with van der Waals surface area (Å²) in [6, 6.07) is 4.93. The van der Waals surface area contributed by atoms with Crippen LogP contribution in [0, 0.1) is 5.82 Å². The van der Waals surface area contributed by atoms with Gasteiger partial charge in [0.25, 0.3) is 0 Å². The summed E-state index contributed by atoms with van der Waals surface area (Å²) < 4.78 is 43.0. The molecule has 0 spiro atoms. The summed E-state index contributed by atoms with van der Waals surface area (Å²) in [5, 5.41) is 4.06. The Morgan fingerprint density at radius 1 is 1.17 bits per heavy atom. The van der Waals surface area contributed by atoms with Crippen molar-refractivity contribution in [2.24, 2.45) is 0 Å². The van der Waals surface area contributed by atoms with Gasteiger partial charge in [0.2, 0.25) is 11.8 Å². The molecular formula is C19H22FN3O5S. The summed E-state index contributed by atoms with van der Waals surface area (Å²) in [6.45, 7) is -0.323. The molecule has 1 saturated carbocycles. The molecule has 0 unspecified atom stereocenters. The van der Waals surface area contributed by atoms with Crippen molar-refractivity contribution in [3.63, 3.8) is 0 Å². The van der Waals surface area contributed by atoms with E-state index in [4.69, 9.17) is 4.42 Å². The molecule has 2 fully saturated rings. The van der Waals surface area contributed by atoms with Gasteiger partial charge in [-0.15, -0.1) is 5.10 Å². The van der Waals surface area contributed by atoms with E-state index in [9.17, 15) is 22.4 Å². The van der Waals surface area contributed by atoms with Crippen molar-refractivity contribution in [2.75, 3.05) is 11.5 Å². The average molecular weight is 423 g/mol. The van der Waals surface area contributed by atoms with Gasteiger partial charge in [-0.1, -0.05) is 12.8 Å². The maximum Gasteiger partial charge on any atom is 0.437 e. The zero-order chi connectivity index (χ0) is 20.6. The second-order valence-corrected chi connectivity index (χ2v) is 9.86. The Balaban J connectivity index is 1.56. The fourth-order valence-electron chi connectivity index (χ4n) is 4.21. The van der Waals surface area contributed by atoms with Crippen molar-refractivity contribution in [3.05, 3.63) is 40.6 Å². The number of carbonyl (C=O) groups excluding carboxylic acids is 1. The van der Waals surface area contributed by atoms with Crippen LogP contribution in [0.3, 0.4) is 0 Å².